The largest absolute Gasteiger partial charge is 0.488 e. The molecule has 1 aliphatic rings. The molecule has 0 amide bonds. The maximum atomic E-state index is 5.97. The van der Waals surface area contributed by atoms with Gasteiger partial charge in [-0.25, -0.2) is 0 Å². The van der Waals surface area contributed by atoms with Gasteiger partial charge in [0.25, 0.3) is 0 Å². The Morgan fingerprint density at radius 1 is 1.30 bits per heavy atom. The summed E-state index contributed by atoms with van der Waals surface area (Å²) in [6.45, 7) is 7.86. The van der Waals surface area contributed by atoms with Crippen LogP contribution in [0.2, 0.25) is 0 Å². The van der Waals surface area contributed by atoms with E-state index in [0.29, 0.717) is 12.5 Å². The quantitative estimate of drug-likeness (QED) is 0.456. The minimum atomic E-state index is 0.0336. The normalized spacial score (nSPS) is 17.6. The molecule has 2 rings (SSSR count). The highest BCUT2D eigenvalue weighted by molar-refractivity contribution is 9.10. The van der Waals surface area contributed by atoms with Gasteiger partial charge in [-0.3, -0.25) is 4.99 Å². The zero-order valence-electron chi connectivity index (χ0n) is 16.7. The summed E-state index contributed by atoms with van der Waals surface area (Å²) in [7, 11) is 3.57. The van der Waals surface area contributed by atoms with Gasteiger partial charge in [-0.15, -0.1) is 0 Å². The van der Waals surface area contributed by atoms with Crippen molar-refractivity contribution in [3.05, 3.63) is 28.7 Å². The van der Waals surface area contributed by atoms with Crippen LogP contribution >= 0.6 is 15.9 Å². The lowest BCUT2D eigenvalue weighted by atomic mass is 9.97. The van der Waals surface area contributed by atoms with Crippen LogP contribution in [0.25, 0.3) is 0 Å². The van der Waals surface area contributed by atoms with Gasteiger partial charge in [-0.1, -0.05) is 12.1 Å². The Kier molecular flexibility index (Phi) is 9.94. The molecule has 0 spiro atoms. The molecule has 0 bridgehead atoms. The number of para-hydroxylation sites is 1. The third kappa shape index (κ3) is 8.07. The summed E-state index contributed by atoms with van der Waals surface area (Å²) in [5.74, 6) is 2.38. The van der Waals surface area contributed by atoms with Gasteiger partial charge in [0, 0.05) is 27.2 Å². The minimum Gasteiger partial charge on any atom is -0.488 e. The van der Waals surface area contributed by atoms with E-state index in [4.69, 9.17) is 9.47 Å². The topological polar surface area (TPSA) is 58.1 Å². The fraction of sp³-hybridized carbons (Fsp3) is 0.650. The zero-order valence-corrected chi connectivity index (χ0v) is 18.3. The Morgan fingerprint density at radius 2 is 2.04 bits per heavy atom. The van der Waals surface area contributed by atoms with E-state index in [9.17, 15) is 0 Å². The van der Waals surface area contributed by atoms with Gasteiger partial charge in [-0.2, -0.15) is 0 Å². The fourth-order valence-electron chi connectivity index (χ4n) is 3.14. The van der Waals surface area contributed by atoms with Crippen molar-refractivity contribution in [3.63, 3.8) is 0 Å². The number of likely N-dealkylation sites (tertiary alicyclic amines) is 1. The van der Waals surface area contributed by atoms with Crippen molar-refractivity contribution in [2.45, 2.75) is 25.9 Å². The number of rotatable bonds is 9. The van der Waals surface area contributed by atoms with Crippen LogP contribution in [0, 0.1) is 5.92 Å². The van der Waals surface area contributed by atoms with E-state index in [1.165, 1.54) is 12.8 Å². The summed E-state index contributed by atoms with van der Waals surface area (Å²) < 4.78 is 12.1. The molecular weight excluding hydrogens is 408 g/mol. The highest BCUT2D eigenvalue weighted by atomic mass is 79.9. The van der Waals surface area contributed by atoms with E-state index in [1.807, 2.05) is 31.3 Å². The summed E-state index contributed by atoms with van der Waals surface area (Å²) in [5.41, 5.74) is 0. The molecule has 1 unspecified atom stereocenters. The van der Waals surface area contributed by atoms with Crippen molar-refractivity contribution in [1.82, 2.24) is 15.5 Å². The van der Waals surface area contributed by atoms with E-state index in [0.717, 1.165) is 49.0 Å². The molecule has 1 saturated heterocycles. The molecule has 2 N–H and O–H groups in total. The second-order valence-corrected chi connectivity index (χ2v) is 7.83. The van der Waals surface area contributed by atoms with Crippen LogP contribution < -0.4 is 15.4 Å². The Morgan fingerprint density at radius 3 is 2.70 bits per heavy atom. The van der Waals surface area contributed by atoms with Crippen LogP contribution in [0.5, 0.6) is 5.75 Å². The predicted molar refractivity (Wildman–Crippen MR) is 115 cm³/mol. The summed E-state index contributed by atoms with van der Waals surface area (Å²) in [6, 6.07) is 7.90. The average molecular weight is 441 g/mol. The van der Waals surface area contributed by atoms with Crippen LogP contribution in [-0.4, -0.2) is 70.5 Å². The first kappa shape index (κ1) is 22.0. The molecule has 152 valence electrons. The van der Waals surface area contributed by atoms with Gasteiger partial charge >= 0.3 is 0 Å². The molecule has 7 heteroatoms. The second-order valence-electron chi connectivity index (χ2n) is 6.97. The van der Waals surface area contributed by atoms with Crippen LogP contribution in [0.1, 0.15) is 19.8 Å². The summed E-state index contributed by atoms with van der Waals surface area (Å²) >= 11 is 3.51. The van der Waals surface area contributed by atoms with Gasteiger partial charge in [-0.05, 0) is 66.8 Å². The van der Waals surface area contributed by atoms with Crippen LogP contribution in [0.15, 0.2) is 33.7 Å². The highest BCUT2D eigenvalue weighted by Crippen LogP contribution is 2.24. The molecule has 0 saturated carbocycles. The minimum absolute atomic E-state index is 0.0336. The smallest absolute Gasteiger partial charge is 0.191 e. The molecule has 1 aromatic rings. The summed E-state index contributed by atoms with van der Waals surface area (Å²) in [6.07, 6.45) is 2.47. The molecule has 1 fully saturated rings. The first-order valence-electron chi connectivity index (χ1n) is 9.69. The van der Waals surface area contributed by atoms with E-state index in [2.05, 4.69) is 43.4 Å². The van der Waals surface area contributed by atoms with Crippen LogP contribution in [0.3, 0.4) is 0 Å². The van der Waals surface area contributed by atoms with Crippen molar-refractivity contribution in [3.8, 4) is 5.75 Å². The molecule has 1 atom stereocenters. The predicted octanol–water partition coefficient (Wildman–Crippen LogP) is 2.74. The highest BCUT2D eigenvalue weighted by Gasteiger charge is 2.19. The number of nitrogens with zero attached hydrogens (tertiary/aromatic N) is 2. The van der Waals surface area contributed by atoms with Gasteiger partial charge in [0.15, 0.2) is 5.96 Å². The number of ether oxygens (including phenoxy) is 2. The standard InChI is InChI=1S/C20H33BrN4O2/c1-16(27-19-7-5-4-6-18(19)21)14-23-20(22-2)24-15-17-8-10-25(11-9-17)12-13-26-3/h4-7,16-17H,8-15H2,1-3H3,(H2,22,23,24). The second kappa shape index (κ2) is 12.2. The Balaban J connectivity index is 1.65. The van der Waals surface area contributed by atoms with Crippen molar-refractivity contribution in [1.29, 1.82) is 0 Å². The molecule has 1 heterocycles. The van der Waals surface area contributed by atoms with E-state index < -0.39 is 0 Å². The molecule has 6 nitrogen and oxygen atoms in total. The first-order valence-corrected chi connectivity index (χ1v) is 10.5. The number of halogens is 1. The van der Waals surface area contributed by atoms with E-state index >= 15 is 0 Å². The fourth-order valence-corrected chi connectivity index (χ4v) is 3.51. The van der Waals surface area contributed by atoms with Gasteiger partial charge < -0.3 is 25.0 Å². The SMILES string of the molecule is CN=C(NCC1CCN(CCOC)CC1)NCC(C)Oc1ccccc1Br. The third-order valence-electron chi connectivity index (χ3n) is 4.82. The molecule has 0 radical (unpaired) electrons. The third-order valence-corrected chi connectivity index (χ3v) is 5.48. The lowest BCUT2D eigenvalue weighted by molar-refractivity contribution is 0.121. The number of benzene rings is 1. The number of aliphatic imine (C=N–C) groups is 1. The molecule has 1 aliphatic heterocycles. The Labute approximate surface area is 171 Å². The number of guanidine groups is 1. The lowest BCUT2D eigenvalue weighted by Crippen LogP contribution is -2.45. The van der Waals surface area contributed by atoms with Crippen molar-refractivity contribution in [2.24, 2.45) is 10.9 Å². The van der Waals surface area contributed by atoms with Gasteiger partial charge in [0.2, 0.25) is 0 Å². The average Bonchev–Trinajstić information content (AvgIpc) is 2.69. The van der Waals surface area contributed by atoms with Crippen LogP contribution in [-0.2, 0) is 4.74 Å². The van der Waals surface area contributed by atoms with Gasteiger partial charge in [0.05, 0.1) is 17.6 Å². The summed E-state index contributed by atoms with van der Waals surface area (Å²) in [5, 5.41) is 6.82. The maximum absolute atomic E-state index is 5.97. The first-order chi connectivity index (χ1) is 13.1. The molecular formula is C20H33BrN4O2. The Hall–Kier alpha value is -1.31. The van der Waals surface area contributed by atoms with E-state index in [-0.39, 0.29) is 6.10 Å². The number of hydrogen-bond acceptors (Lipinski definition) is 4. The number of nitrogens with one attached hydrogen (secondary N) is 2. The zero-order chi connectivity index (χ0) is 19.5. The molecule has 27 heavy (non-hydrogen) atoms. The van der Waals surface area contributed by atoms with E-state index in [1.54, 1.807) is 7.11 Å². The van der Waals surface area contributed by atoms with Gasteiger partial charge in [0.1, 0.15) is 11.9 Å². The number of methoxy groups -OCH3 is 1. The summed E-state index contributed by atoms with van der Waals surface area (Å²) in [4.78, 5) is 6.81. The number of piperidine rings is 1. The lowest BCUT2D eigenvalue weighted by Gasteiger charge is -2.32. The van der Waals surface area contributed by atoms with Crippen LogP contribution in [0.4, 0.5) is 0 Å². The molecule has 0 aromatic heterocycles. The van der Waals surface area contributed by atoms with Crippen molar-refractivity contribution in [2.75, 3.05) is 53.5 Å². The number of hydrogen-bond donors (Lipinski definition) is 2. The van der Waals surface area contributed by atoms with Crippen molar-refractivity contribution >= 4 is 21.9 Å². The monoisotopic (exact) mass is 440 g/mol. The van der Waals surface area contributed by atoms with Crippen molar-refractivity contribution < 1.29 is 9.47 Å². The Bertz CT molecular complexity index is 577. The molecule has 1 aromatic carbocycles. The maximum Gasteiger partial charge on any atom is 0.191 e. The molecule has 0 aliphatic carbocycles.